The highest BCUT2D eigenvalue weighted by molar-refractivity contribution is 5.87. The molecule has 1 rings (SSSR count). The van der Waals surface area contributed by atoms with E-state index in [1.165, 1.54) is 7.11 Å². The van der Waals surface area contributed by atoms with Gasteiger partial charge >= 0.3 is 5.97 Å². The standard InChI is InChI=1S/C12H20N2O2/c1-12(2,13)8-7-9-5-6-10(14(9)3)11(15)16-4/h5-6H,7-8,13H2,1-4H3. The highest BCUT2D eigenvalue weighted by Crippen LogP contribution is 2.14. The maximum atomic E-state index is 11.4. The third-order valence-corrected chi connectivity index (χ3v) is 2.65. The molecule has 1 heterocycles. The summed E-state index contributed by atoms with van der Waals surface area (Å²) in [6.45, 7) is 3.99. The van der Waals surface area contributed by atoms with E-state index in [4.69, 9.17) is 10.5 Å². The van der Waals surface area contributed by atoms with E-state index in [0.29, 0.717) is 5.69 Å². The molecule has 1 aromatic rings. The molecule has 0 fully saturated rings. The molecule has 90 valence electrons. The van der Waals surface area contributed by atoms with Crippen molar-refractivity contribution in [3.8, 4) is 0 Å². The molecule has 0 aliphatic rings. The van der Waals surface area contributed by atoms with Crippen molar-refractivity contribution in [3.63, 3.8) is 0 Å². The molecule has 1 aromatic heterocycles. The second-order valence-electron chi connectivity index (χ2n) is 4.75. The summed E-state index contributed by atoms with van der Waals surface area (Å²) < 4.78 is 6.55. The predicted octanol–water partition coefficient (Wildman–Crippen LogP) is 1.48. The Hall–Kier alpha value is -1.29. The molecule has 0 radical (unpaired) electrons. The number of carbonyl (C=O) groups excluding carboxylic acids is 1. The van der Waals surface area contributed by atoms with Gasteiger partial charge in [-0.3, -0.25) is 0 Å². The van der Waals surface area contributed by atoms with Crippen LogP contribution in [0.25, 0.3) is 0 Å². The summed E-state index contributed by atoms with van der Waals surface area (Å²) in [5, 5.41) is 0. The molecular formula is C12H20N2O2. The minimum Gasteiger partial charge on any atom is -0.464 e. The zero-order chi connectivity index (χ0) is 12.3. The summed E-state index contributed by atoms with van der Waals surface area (Å²) in [7, 11) is 3.25. The summed E-state index contributed by atoms with van der Waals surface area (Å²) in [6, 6.07) is 3.72. The van der Waals surface area contributed by atoms with E-state index in [9.17, 15) is 4.79 Å². The Morgan fingerprint density at radius 2 is 2.12 bits per heavy atom. The van der Waals surface area contributed by atoms with Crippen molar-refractivity contribution in [3.05, 3.63) is 23.5 Å². The lowest BCUT2D eigenvalue weighted by Gasteiger charge is -2.18. The summed E-state index contributed by atoms with van der Waals surface area (Å²) in [5.74, 6) is -0.305. The third-order valence-electron chi connectivity index (χ3n) is 2.65. The van der Waals surface area contributed by atoms with Crippen molar-refractivity contribution in [1.29, 1.82) is 0 Å². The van der Waals surface area contributed by atoms with Crippen molar-refractivity contribution >= 4 is 5.97 Å². The van der Waals surface area contributed by atoms with Crippen LogP contribution in [0.1, 0.15) is 36.5 Å². The number of nitrogens with two attached hydrogens (primary N) is 1. The Balaban J connectivity index is 2.77. The summed E-state index contributed by atoms with van der Waals surface area (Å²) in [5.41, 5.74) is 7.41. The molecule has 0 amide bonds. The zero-order valence-electron chi connectivity index (χ0n) is 10.4. The van der Waals surface area contributed by atoms with Crippen LogP contribution in [0, 0.1) is 0 Å². The van der Waals surface area contributed by atoms with Crippen LogP contribution >= 0.6 is 0 Å². The Bertz CT molecular complexity index is 375. The highest BCUT2D eigenvalue weighted by atomic mass is 16.5. The first-order valence-corrected chi connectivity index (χ1v) is 5.37. The lowest BCUT2D eigenvalue weighted by molar-refractivity contribution is 0.0589. The Kier molecular flexibility index (Phi) is 3.75. The number of nitrogens with zero attached hydrogens (tertiary/aromatic N) is 1. The molecule has 2 N–H and O–H groups in total. The van der Waals surface area contributed by atoms with Crippen LogP contribution in [-0.4, -0.2) is 23.2 Å². The quantitative estimate of drug-likeness (QED) is 0.788. The van der Waals surface area contributed by atoms with Gasteiger partial charge in [0, 0.05) is 18.3 Å². The minimum atomic E-state index is -0.305. The maximum absolute atomic E-state index is 11.4. The molecular weight excluding hydrogens is 204 g/mol. The maximum Gasteiger partial charge on any atom is 0.354 e. The number of carbonyl (C=O) groups is 1. The van der Waals surface area contributed by atoms with E-state index in [0.717, 1.165) is 18.5 Å². The topological polar surface area (TPSA) is 57.2 Å². The monoisotopic (exact) mass is 224 g/mol. The molecule has 0 spiro atoms. The van der Waals surface area contributed by atoms with E-state index in [-0.39, 0.29) is 11.5 Å². The van der Waals surface area contributed by atoms with Gasteiger partial charge in [-0.2, -0.15) is 0 Å². The molecule has 0 saturated heterocycles. The SMILES string of the molecule is COC(=O)c1ccc(CCC(C)(C)N)n1C. The fourth-order valence-corrected chi connectivity index (χ4v) is 1.56. The number of aryl methyl sites for hydroxylation is 1. The van der Waals surface area contributed by atoms with Gasteiger partial charge in [-0.15, -0.1) is 0 Å². The van der Waals surface area contributed by atoms with Crippen molar-refractivity contribution in [2.75, 3.05) is 7.11 Å². The van der Waals surface area contributed by atoms with Crippen molar-refractivity contribution in [1.82, 2.24) is 4.57 Å². The number of esters is 1. The van der Waals surface area contributed by atoms with Crippen molar-refractivity contribution in [2.24, 2.45) is 12.8 Å². The van der Waals surface area contributed by atoms with Crippen molar-refractivity contribution in [2.45, 2.75) is 32.2 Å². The lowest BCUT2D eigenvalue weighted by Crippen LogP contribution is -2.32. The fraction of sp³-hybridized carbons (Fsp3) is 0.583. The number of hydrogen-bond donors (Lipinski definition) is 1. The second-order valence-corrected chi connectivity index (χ2v) is 4.75. The van der Waals surface area contributed by atoms with Crippen LogP contribution in [0.3, 0.4) is 0 Å². The van der Waals surface area contributed by atoms with E-state index >= 15 is 0 Å². The first-order valence-electron chi connectivity index (χ1n) is 5.37. The van der Waals surface area contributed by atoms with Gasteiger partial charge in [0.2, 0.25) is 0 Å². The zero-order valence-corrected chi connectivity index (χ0v) is 10.4. The Morgan fingerprint density at radius 1 is 1.50 bits per heavy atom. The van der Waals surface area contributed by atoms with E-state index in [1.54, 1.807) is 6.07 Å². The number of rotatable bonds is 4. The van der Waals surface area contributed by atoms with Crippen molar-refractivity contribution < 1.29 is 9.53 Å². The van der Waals surface area contributed by atoms with Gasteiger partial charge in [0.05, 0.1) is 7.11 Å². The van der Waals surface area contributed by atoms with Gasteiger partial charge in [-0.1, -0.05) is 0 Å². The smallest absolute Gasteiger partial charge is 0.354 e. The Morgan fingerprint density at radius 3 is 2.62 bits per heavy atom. The van der Waals surface area contributed by atoms with Gasteiger partial charge in [0.15, 0.2) is 0 Å². The van der Waals surface area contributed by atoms with Crippen LogP contribution in [-0.2, 0) is 18.2 Å². The molecule has 0 aliphatic carbocycles. The number of hydrogen-bond acceptors (Lipinski definition) is 3. The van der Waals surface area contributed by atoms with Crippen LogP contribution < -0.4 is 5.73 Å². The molecule has 16 heavy (non-hydrogen) atoms. The fourth-order valence-electron chi connectivity index (χ4n) is 1.56. The number of ether oxygens (including phenoxy) is 1. The molecule has 0 aliphatic heterocycles. The first kappa shape index (κ1) is 12.8. The van der Waals surface area contributed by atoms with E-state index in [2.05, 4.69) is 0 Å². The predicted molar refractivity (Wildman–Crippen MR) is 63.3 cm³/mol. The normalized spacial score (nSPS) is 11.6. The average molecular weight is 224 g/mol. The van der Waals surface area contributed by atoms with Gasteiger partial charge in [-0.05, 0) is 38.8 Å². The molecule has 0 aromatic carbocycles. The number of aromatic nitrogens is 1. The van der Waals surface area contributed by atoms with E-state index < -0.39 is 0 Å². The van der Waals surface area contributed by atoms with Crippen LogP contribution in [0.2, 0.25) is 0 Å². The van der Waals surface area contributed by atoms with Crippen LogP contribution in [0.15, 0.2) is 12.1 Å². The number of methoxy groups -OCH3 is 1. The minimum absolute atomic E-state index is 0.185. The average Bonchev–Trinajstić information content (AvgIpc) is 2.55. The van der Waals surface area contributed by atoms with Gasteiger partial charge in [0.1, 0.15) is 5.69 Å². The Labute approximate surface area is 96.4 Å². The second kappa shape index (κ2) is 4.70. The van der Waals surface area contributed by atoms with Gasteiger partial charge < -0.3 is 15.0 Å². The molecule has 0 atom stereocenters. The third kappa shape index (κ3) is 3.10. The largest absolute Gasteiger partial charge is 0.464 e. The van der Waals surface area contributed by atoms with E-state index in [1.807, 2.05) is 31.5 Å². The lowest BCUT2D eigenvalue weighted by atomic mass is 9.99. The molecule has 4 nitrogen and oxygen atoms in total. The summed E-state index contributed by atoms with van der Waals surface area (Å²) in [6.07, 6.45) is 1.74. The molecule has 0 saturated carbocycles. The highest BCUT2D eigenvalue weighted by Gasteiger charge is 2.15. The van der Waals surface area contributed by atoms with Crippen LogP contribution in [0.5, 0.6) is 0 Å². The molecule has 0 bridgehead atoms. The molecule has 4 heteroatoms. The summed E-state index contributed by atoms with van der Waals surface area (Å²) in [4.78, 5) is 11.4. The first-order chi connectivity index (χ1) is 7.35. The molecule has 0 unspecified atom stereocenters. The van der Waals surface area contributed by atoms with Gasteiger partial charge in [-0.25, -0.2) is 4.79 Å². The van der Waals surface area contributed by atoms with Crippen LogP contribution in [0.4, 0.5) is 0 Å². The summed E-state index contributed by atoms with van der Waals surface area (Å²) >= 11 is 0. The van der Waals surface area contributed by atoms with Gasteiger partial charge in [0.25, 0.3) is 0 Å².